The molecule has 4 N–H and O–H groups in total. The summed E-state index contributed by atoms with van der Waals surface area (Å²) in [5.41, 5.74) is 6.39. The standard InChI is InChI=1S/C10H17N3OS/c1-10(14,7-15-2)6-13-9-3-4-12-5-8(9)11/h3-5,14H,6-7,11H2,1-2H3,(H,12,13). The Bertz CT molecular complexity index is 317. The molecule has 0 aliphatic heterocycles. The number of rotatable bonds is 5. The molecule has 0 saturated heterocycles. The van der Waals surface area contributed by atoms with Crippen molar-refractivity contribution in [3.8, 4) is 0 Å². The second kappa shape index (κ2) is 5.23. The topological polar surface area (TPSA) is 71.2 Å². The van der Waals surface area contributed by atoms with Gasteiger partial charge in [-0.05, 0) is 19.2 Å². The van der Waals surface area contributed by atoms with E-state index in [2.05, 4.69) is 10.3 Å². The number of hydrogen-bond acceptors (Lipinski definition) is 5. The molecule has 1 unspecified atom stereocenters. The lowest BCUT2D eigenvalue weighted by molar-refractivity contribution is 0.0997. The Balaban J connectivity index is 2.53. The molecule has 0 radical (unpaired) electrons. The fraction of sp³-hybridized carbons (Fsp3) is 0.500. The van der Waals surface area contributed by atoms with Crippen LogP contribution in [0.5, 0.6) is 0 Å². The first-order valence-electron chi connectivity index (χ1n) is 4.70. The number of nitrogens with one attached hydrogen (secondary N) is 1. The van der Waals surface area contributed by atoms with E-state index in [1.807, 2.05) is 6.26 Å². The predicted octanol–water partition coefficient (Wildman–Crippen LogP) is 1.19. The van der Waals surface area contributed by atoms with E-state index in [0.717, 1.165) is 5.69 Å². The molecule has 0 aromatic carbocycles. The number of anilines is 2. The molecule has 1 heterocycles. The molecular formula is C10H17N3OS. The third-order valence-electron chi connectivity index (χ3n) is 1.97. The van der Waals surface area contributed by atoms with Gasteiger partial charge in [-0.15, -0.1) is 0 Å². The van der Waals surface area contributed by atoms with Crippen molar-refractivity contribution in [3.63, 3.8) is 0 Å². The number of nitrogens with two attached hydrogens (primary N) is 1. The van der Waals surface area contributed by atoms with Crippen molar-refractivity contribution in [2.75, 3.05) is 29.6 Å². The quantitative estimate of drug-likeness (QED) is 0.705. The van der Waals surface area contributed by atoms with E-state index in [1.54, 1.807) is 37.1 Å². The summed E-state index contributed by atoms with van der Waals surface area (Å²) < 4.78 is 0. The molecule has 0 saturated carbocycles. The van der Waals surface area contributed by atoms with Crippen molar-refractivity contribution in [2.24, 2.45) is 0 Å². The van der Waals surface area contributed by atoms with Crippen LogP contribution in [0, 0.1) is 0 Å². The largest absolute Gasteiger partial charge is 0.396 e. The van der Waals surface area contributed by atoms with E-state index in [1.165, 1.54) is 0 Å². The minimum absolute atomic E-state index is 0.474. The molecule has 1 atom stereocenters. The van der Waals surface area contributed by atoms with Crippen molar-refractivity contribution < 1.29 is 5.11 Å². The zero-order chi connectivity index (χ0) is 11.3. The van der Waals surface area contributed by atoms with Crippen LogP contribution in [-0.4, -0.2) is 34.2 Å². The van der Waals surface area contributed by atoms with Crippen molar-refractivity contribution in [1.29, 1.82) is 0 Å². The summed E-state index contributed by atoms with van der Waals surface area (Å²) in [5.74, 6) is 0.686. The summed E-state index contributed by atoms with van der Waals surface area (Å²) in [7, 11) is 0. The normalized spacial score (nSPS) is 14.6. The third kappa shape index (κ3) is 3.97. The van der Waals surface area contributed by atoms with Gasteiger partial charge in [0, 0.05) is 18.5 Å². The van der Waals surface area contributed by atoms with Crippen LogP contribution in [0.3, 0.4) is 0 Å². The van der Waals surface area contributed by atoms with Gasteiger partial charge in [0.1, 0.15) is 0 Å². The monoisotopic (exact) mass is 227 g/mol. The van der Waals surface area contributed by atoms with Gasteiger partial charge in [0.25, 0.3) is 0 Å². The second-order valence-electron chi connectivity index (χ2n) is 3.75. The number of nitrogens with zero attached hydrogens (tertiary/aromatic N) is 1. The molecule has 4 nitrogen and oxygen atoms in total. The molecule has 0 aliphatic carbocycles. The first kappa shape index (κ1) is 12.1. The van der Waals surface area contributed by atoms with Gasteiger partial charge in [-0.25, -0.2) is 0 Å². The van der Waals surface area contributed by atoms with Crippen molar-refractivity contribution in [1.82, 2.24) is 4.98 Å². The lowest BCUT2D eigenvalue weighted by atomic mass is 10.1. The lowest BCUT2D eigenvalue weighted by Crippen LogP contribution is -2.36. The molecule has 0 spiro atoms. The molecular weight excluding hydrogens is 210 g/mol. The van der Waals surface area contributed by atoms with Gasteiger partial charge < -0.3 is 16.2 Å². The highest BCUT2D eigenvalue weighted by molar-refractivity contribution is 7.98. The summed E-state index contributed by atoms with van der Waals surface area (Å²) in [6, 6.07) is 1.80. The SMILES string of the molecule is CSCC(C)(O)CNc1ccncc1N. The Kier molecular flexibility index (Phi) is 4.23. The van der Waals surface area contributed by atoms with E-state index >= 15 is 0 Å². The van der Waals surface area contributed by atoms with E-state index in [-0.39, 0.29) is 0 Å². The van der Waals surface area contributed by atoms with Gasteiger partial charge in [-0.2, -0.15) is 11.8 Å². The van der Waals surface area contributed by atoms with Crippen molar-refractivity contribution in [3.05, 3.63) is 18.5 Å². The van der Waals surface area contributed by atoms with Crippen LogP contribution in [0.1, 0.15) is 6.92 Å². The number of nitrogen functional groups attached to an aromatic ring is 1. The van der Waals surface area contributed by atoms with Gasteiger partial charge in [-0.1, -0.05) is 0 Å². The summed E-state index contributed by atoms with van der Waals surface area (Å²) in [4.78, 5) is 3.89. The number of hydrogen-bond donors (Lipinski definition) is 3. The average Bonchev–Trinajstić information content (AvgIpc) is 2.16. The molecule has 5 heteroatoms. The average molecular weight is 227 g/mol. The molecule has 0 bridgehead atoms. The lowest BCUT2D eigenvalue weighted by Gasteiger charge is -2.23. The van der Waals surface area contributed by atoms with Gasteiger partial charge in [-0.3, -0.25) is 4.98 Å². The Hall–Kier alpha value is -0.940. The third-order valence-corrected chi connectivity index (χ3v) is 2.88. The molecule has 15 heavy (non-hydrogen) atoms. The fourth-order valence-electron chi connectivity index (χ4n) is 1.22. The number of pyridine rings is 1. The molecule has 1 aromatic heterocycles. The highest BCUT2D eigenvalue weighted by atomic mass is 32.2. The molecule has 84 valence electrons. The maximum atomic E-state index is 9.93. The smallest absolute Gasteiger partial charge is 0.0881 e. The van der Waals surface area contributed by atoms with Crippen LogP contribution in [0.25, 0.3) is 0 Å². The van der Waals surface area contributed by atoms with E-state index in [4.69, 9.17) is 5.73 Å². The van der Waals surface area contributed by atoms with Crippen LogP contribution in [0.4, 0.5) is 11.4 Å². The van der Waals surface area contributed by atoms with Gasteiger partial charge in [0.15, 0.2) is 0 Å². The van der Waals surface area contributed by atoms with Crippen LogP contribution in [0.2, 0.25) is 0 Å². The first-order valence-corrected chi connectivity index (χ1v) is 6.09. The van der Waals surface area contributed by atoms with Crippen LogP contribution in [0.15, 0.2) is 18.5 Å². The number of aliphatic hydroxyl groups is 1. The van der Waals surface area contributed by atoms with Crippen LogP contribution < -0.4 is 11.1 Å². The highest BCUT2D eigenvalue weighted by Gasteiger charge is 2.19. The number of aromatic nitrogens is 1. The molecule has 1 rings (SSSR count). The molecule has 0 fully saturated rings. The number of thioether (sulfide) groups is 1. The summed E-state index contributed by atoms with van der Waals surface area (Å²) in [6.07, 6.45) is 5.23. The first-order chi connectivity index (χ1) is 7.05. The summed E-state index contributed by atoms with van der Waals surface area (Å²) >= 11 is 1.61. The molecule has 0 amide bonds. The van der Waals surface area contributed by atoms with Crippen LogP contribution in [-0.2, 0) is 0 Å². The van der Waals surface area contributed by atoms with Gasteiger partial charge in [0.05, 0.1) is 23.2 Å². The highest BCUT2D eigenvalue weighted by Crippen LogP contribution is 2.17. The Morgan fingerprint density at radius 1 is 1.67 bits per heavy atom. The molecule has 1 aromatic rings. The summed E-state index contributed by atoms with van der Waals surface area (Å²) in [6.45, 7) is 2.27. The van der Waals surface area contributed by atoms with E-state index < -0.39 is 5.60 Å². The summed E-state index contributed by atoms with van der Waals surface area (Å²) in [5, 5.41) is 13.0. The minimum Gasteiger partial charge on any atom is -0.396 e. The Morgan fingerprint density at radius 2 is 2.40 bits per heavy atom. The zero-order valence-electron chi connectivity index (χ0n) is 9.03. The second-order valence-corrected chi connectivity index (χ2v) is 4.61. The maximum Gasteiger partial charge on any atom is 0.0881 e. The van der Waals surface area contributed by atoms with Gasteiger partial charge >= 0.3 is 0 Å². The van der Waals surface area contributed by atoms with E-state index in [9.17, 15) is 5.11 Å². The van der Waals surface area contributed by atoms with Crippen molar-refractivity contribution >= 4 is 23.1 Å². The maximum absolute atomic E-state index is 9.93. The Morgan fingerprint density at radius 3 is 3.00 bits per heavy atom. The predicted molar refractivity (Wildman–Crippen MR) is 66.1 cm³/mol. The minimum atomic E-state index is -0.727. The molecule has 0 aliphatic rings. The van der Waals surface area contributed by atoms with Gasteiger partial charge in [0.2, 0.25) is 0 Å². The Labute approximate surface area is 94.3 Å². The van der Waals surface area contributed by atoms with Crippen LogP contribution >= 0.6 is 11.8 Å². The van der Waals surface area contributed by atoms with Crippen molar-refractivity contribution in [2.45, 2.75) is 12.5 Å². The fourth-order valence-corrected chi connectivity index (χ4v) is 1.94. The zero-order valence-corrected chi connectivity index (χ0v) is 9.84. The van der Waals surface area contributed by atoms with E-state index in [0.29, 0.717) is 18.0 Å².